The lowest BCUT2D eigenvalue weighted by atomic mass is 10.0. The number of rotatable bonds is 6. The number of carbonyl (C=O) groups is 1. The number of thiazole rings is 1. The maximum atomic E-state index is 12.6. The van der Waals surface area contributed by atoms with Gasteiger partial charge in [0.1, 0.15) is 5.01 Å². The van der Waals surface area contributed by atoms with Crippen LogP contribution >= 0.6 is 23.7 Å². The van der Waals surface area contributed by atoms with Gasteiger partial charge in [0.05, 0.1) is 23.8 Å². The van der Waals surface area contributed by atoms with Gasteiger partial charge >= 0.3 is 6.18 Å². The van der Waals surface area contributed by atoms with E-state index in [-0.39, 0.29) is 24.9 Å². The zero-order valence-corrected chi connectivity index (χ0v) is 16.0. The molecule has 0 fully saturated rings. The molecule has 0 saturated heterocycles. The first-order valence-electron chi connectivity index (χ1n) is 7.82. The number of aromatic nitrogens is 1. The summed E-state index contributed by atoms with van der Waals surface area (Å²) in [5, 5.41) is 5.10. The highest BCUT2D eigenvalue weighted by Gasteiger charge is 2.30. The number of alkyl halides is 3. The summed E-state index contributed by atoms with van der Waals surface area (Å²) in [6.07, 6.45) is -3.76. The molecule has 0 radical (unpaired) electrons. The Morgan fingerprint density at radius 1 is 1.27 bits per heavy atom. The summed E-state index contributed by atoms with van der Waals surface area (Å²) in [6.45, 7) is 4.22. The van der Waals surface area contributed by atoms with Crippen LogP contribution < -0.4 is 11.1 Å². The minimum Gasteiger partial charge on any atom is -0.349 e. The van der Waals surface area contributed by atoms with Crippen LogP contribution in [0.3, 0.4) is 0 Å². The lowest BCUT2D eigenvalue weighted by molar-refractivity contribution is -0.137. The second kappa shape index (κ2) is 9.34. The summed E-state index contributed by atoms with van der Waals surface area (Å²) >= 11 is 1.31. The fraction of sp³-hybridized carbons (Fsp3) is 0.412. The highest BCUT2D eigenvalue weighted by atomic mass is 35.5. The smallest absolute Gasteiger partial charge is 0.349 e. The van der Waals surface area contributed by atoms with E-state index in [1.807, 2.05) is 13.8 Å². The van der Waals surface area contributed by atoms with Crippen molar-refractivity contribution >= 4 is 29.7 Å². The quantitative estimate of drug-likeness (QED) is 0.752. The van der Waals surface area contributed by atoms with Crippen LogP contribution in [0.2, 0.25) is 0 Å². The Balaban J connectivity index is 0.00000338. The third-order valence-corrected chi connectivity index (χ3v) is 4.46. The van der Waals surface area contributed by atoms with Crippen LogP contribution in [0.15, 0.2) is 29.6 Å². The van der Waals surface area contributed by atoms with Gasteiger partial charge < -0.3 is 11.1 Å². The number of nitrogens with zero attached hydrogens (tertiary/aromatic N) is 1. The van der Waals surface area contributed by atoms with Gasteiger partial charge in [-0.1, -0.05) is 26.0 Å². The molecular formula is C17H21ClF3N3OS. The van der Waals surface area contributed by atoms with Gasteiger partial charge in [-0.15, -0.1) is 23.7 Å². The Bertz CT molecular complexity index is 717. The molecule has 144 valence electrons. The number of nitrogens with one attached hydrogen (secondary N) is 1. The fourth-order valence-electron chi connectivity index (χ4n) is 2.25. The monoisotopic (exact) mass is 407 g/mol. The van der Waals surface area contributed by atoms with Crippen molar-refractivity contribution in [3.63, 3.8) is 0 Å². The first-order chi connectivity index (χ1) is 11.7. The Kier molecular flexibility index (Phi) is 8.05. The van der Waals surface area contributed by atoms with E-state index in [1.54, 1.807) is 5.38 Å². The zero-order chi connectivity index (χ0) is 18.6. The molecule has 2 aromatic rings. The fourth-order valence-corrected chi connectivity index (χ4v) is 3.07. The third kappa shape index (κ3) is 6.26. The molecule has 1 aromatic carbocycles. The SMILES string of the molecule is CC(C)C[C@H](N)C(=O)NCc1csc(-c2ccc(C(F)(F)F)cc2)n1.Cl. The Hall–Kier alpha value is -1.64. The van der Waals surface area contributed by atoms with E-state index in [0.717, 1.165) is 12.1 Å². The van der Waals surface area contributed by atoms with Gasteiger partial charge in [0, 0.05) is 10.9 Å². The molecule has 0 aliphatic heterocycles. The topological polar surface area (TPSA) is 68.0 Å². The number of halogens is 4. The van der Waals surface area contributed by atoms with Crippen LogP contribution in [-0.2, 0) is 17.5 Å². The molecular weight excluding hydrogens is 387 g/mol. The van der Waals surface area contributed by atoms with E-state index in [0.29, 0.717) is 28.6 Å². The van der Waals surface area contributed by atoms with Crippen molar-refractivity contribution < 1.29 is 18.0 Å². The van der Waals surface area contributed by atoms with Gasteiger partial charge in [0.2, 0.25) is 5.91 Å². The molecule has 0 aliphatic rings. The molecule has 0 saturated carbocycles. The largest absolute Gasteiger partial charge is 0.416 e. The number of amides is 1. The van der Waals surface area contributed by atoms with Crippen molar-refractivity contribution in [3.8, 4) is 10.6 Å². The van der Waals surface area contributed by atoms with Gasteiger partial charge in [-0.2, -0.15) is 13.2 Å². The highest BCUT2D eigenvalue weighted by Crippen LogP contribution is 2.31. The van der Waals surface area contributed by atoms with Crippen LogP contribution in [0.25, 0.3) is 10.6 Å². The van der Waals surface area contributed by atoms with E-state index in [2.05, 4.69) is 10.3 Å². The van der Waals surface area contributed by atoms with Gasteiger partial charge in [0.15, 0.2) is 0 Å². The van der Waals surface area contributed by atoms with E-state index in [1.165, 1.54) is 23.5 Å². The van der Waals surface area contributed by atoms with Crippen molar-refractivity contribution in [1.82, 2.24) is 10.3 Å². The lowest BCUT2D eigenvalue weighted by Crippen LogP contribution is -2.41. The molecule has 1 heterocycles. The van der Waals surface area contributed by atoms with Crippen molar-refractivity contribution in [1.29, 1.82) is 0 Å². The molecule has 1 amide bonds. The van der Waals surface area contributed by atoms with Gasteiger partial charge in [-0.25, -0.2) is 4.98 Å². The molecule has 2 rings (SSSR count). The summed E-state index contributed by atoms with van der Waals surface area (Å²) in [6, 6.07) is 4.28. The van der Waals surface area contributed by atoms with Crippen LogP contribution in [0.5, 0.6) is 0 Å². The third-order valence-electron chi connectivity index (χ3n) is 3.52. The van der Waals surface area contributed by atoms with Gasteiger partial charge in [-0.3, -0.25) is 4.79 Å². The predicted octanol–water partition coefficient (Wildman–Crippen LogP) is 4.24. The van der Waals surface area contributed by atoms with E-state index in [9.17, 15) is 18.0 Å². The molecule has 1 aromatic heterocycles. The minimum atomic E-state index is -4.36. The lowest BCUT2D eigenvalue weighted by Gasteiger charge is -2.13. The van der Waals surface area contributed by atoms with Crippen molar-refractivity contribution in [2.75, 3.05) is 0 Å². The predicted molar refractivity (Wildman–Crippen MR) is 99.1 cm³/mol. The molecule has 4 nitrogen and oxygen atoms in total. The summed E-state index contributed by atoms with van der Waals surface area (Å²) < 4.78 is 37.7. The molecule has 0 aliphatic carbocycles. The van der Waals surface area contributed by atoms with Crippen molar-refractivity contribution in [2.24, 2.45) is 11.7 Å². The molecule has 3 N–H and O–H groups in total. The molecule has 0 bridgehead atoms. The van der Waals surface area contributed by atoms with Crippen molar-refractivity contribution in [3.05, 3.63) is 40.9 Å². The number of carbonyl (C=O) groups excluding carboxylic acids is 1. The van der Waals surface area contributed by atoms with Gasteiger partial charge in [0.25, 0.3) is 0 Å². The second-order valence-corrected chi connectivity index (χ2v) is 7.03. The Labute approximate surface area is 160 Å². The van der Waals surface area contributed by atoms with Crippen LogP contribution in [0, 0.1) is 5.92 Å². The standard InChI is InChI=1S/C17H20F3N3OS.ClH/c1-10(2)7-14(21)15(24)22-8-13-9-25-16(23-13)11-3-5-12(6-4-11)17(18,19)20;/h3-6,9-10,14H,7-8,21H2,1-2H3,(H,22,24);1H/t14-;/m0./s1. The maximum Gasteiger partial charge on any atom is 0.416 e. The Morgan fingerprint density at radius 2 is 1.88 bits per heavy atom. The van der Waals surface area contributed by atoms with Crippen LogP contribution in [0.4, 0.5) is 13.2 Å². The average Bonchev–Trinajstić information content (AvgIpc) is 3.00. The van der Waals surface area contributed by atoms with Crippen LogP contribution in [-0.4, -0.2) is 16.9 Å². The number of benzene rings is 1. The second-order valence-electron chi connectivity index (χ2n) is 6.17. The molecule has 1 atom stereocenters. The molecule has 0 unspecified atom stereocenters. The molecule has 0 spiro atoms. The normalized spacial score (nSPS) is 12.6. The molecule has 9 heteroatoms. The minimum absolute atomic E-state index is 0. The summed E-state index contributed by atoms with van der Waals surface area (Å²) in [5.41, 5.74) is 6.36. The van der Waals surface area contributed by atoms with E-state index in [4.69, 9.17) is 5.73 Å². The highest BCUT2D eigenvalue weighted by molar-refractivity contribution is 7.13. The maximum absolute atomic E-state index is 12.6. The summed E-state index contributed by atoms with van der Waals surface area (Å²) in [7, 11) is 0. The number of hydrogen-bond donors (Lipinski definition) is 2. The number of nitrogens with two attached hydrogens (primary N) is 1. The summed E-state index contributed by atoms with van der Waals surface area (Å²) in [4.78, 5) is 16.2. The van der Waals surface area contributed by atoms with E-state index >= 15 is 0 Å². The average molecular weight is 408 g/mol. The first kappa shape index (κ1) is 22.4. The van der Waals surface area contributed by atoms with Crippen LogP contribution in [0.1, 0.15) is 31.5 Å². The van der Waals surface area contributed by atoms with E-state index < -0.39 is 17.8 Å². The summed E-state index contributed by atoms with van der Waals surface area (Å²) in [5.74, 6) is 0.0871. The Morgan fingerprint density at radius 3 is 2.42 bits per heavy atom. The number of hydrogen-bond acceptors (Lipinski definition) is 4. The van der Waals surface area contributed by atoms with Gasteiger partial charge in [-0.05, 0) is 24.5 Å². The zero-order valence-electron chi connectivity index (χ0n) is 14.3. The van der Waals surface area contributed by atoms with Crippen molar-refractivity contribution in [2.45, 2.75) is 39.0 Å². The molecule has 26 heavy (non-hydrogen) atoms. The first-order valence-corrected chi connectivity index (χ1v) is 8.70.